The Labute approximate surface area is 195 Å². The molecular formula is C23H27F3N4O4. The largest absolute Gasteiger partial charge is 0.492 e. The highest BCUT2D eigenvalue weighted by Crippen LogP contribution is 2.20. The van der Waals surface area contributed by atoms with E-state index >= 15 is 0 Å². The van der Waals surface area contributed by atoms with Gasteiger partial charge in [-0.3, -0.25) is 10.2 Å². The standard InChI is InChI=1S/C21H26N4O2.C2HF3O2/c22-20(23)17-5-4-6-19(15-17)27-14-11-24-21(26)16-7-9-18(10-8-16)25-12-2-1-3-13-25;3-2(4,5)1(6)7/h4-10,15H,1-3,11-14H2,(H3,22,23)(H,24,26);(H,6,7). The Balaban J connectivity index is 0.000000509. The van der Waals surface area contributed by atoms with Crippen molar-refractivity contribution in [2.45, 2.75) is 25.4 Å². The molecule has 1 saturated heterocycles. The van der Waals surface area contributed by atoms with Crippen LogP contribution in [0.3, 0.4) is 0 Å². The van der Waals surface area contributed by atoms with E-state index in [1.807, 2.05) is 24.3 Å². The number of piperidine rings is 1. The number of amides is 1. The predicted molar refractivity (Wildman–Crippen MR) is 121 cm³/mol. The Hall–Kier alpha value is -3.76. The van der Waals surface area contributed by atoms with Gasteiger partial charge in [0.1, 0.15) is 18.2 Å². The lowest BCUT2D eigenvalue weighted by molar-refractivity contribution is -0.192. The highest BCUT2D eigenvalue weighted by molar-refractivity contribution is 5.95. The first-order valence-electron chi connectivity index (χ1n) is 10.6. The molecule has 0 spiro atoms. The van der Waals surface area contributed by atoms with Crippen LogP contribution < -0.4 is 20.7 Å². The Kier molecular flexibility index (Phi) is 9.72. The van der Waals surface area contributed by atoms with E-state index in [1.54, 1.807) is 24.3 Å². The van der Waals surface area contributed by atoms with Gasteiger partial charge in [-0.05, 0) is 55.7 Å². The lowest BCUT2D eigenvalue weighted by atomic mass is 10.1. The number of amidine groups is 1. The Bertz CT molecular complexity index is 975. The van der Waals surface area contributed by atoms with Crippen LogP contribution in [0.1, 0.15) is 35.2 Å². The number of hydrogen-bond donors (Lipinski definition) is 4. The van der Waals surface area contributed by atoms with E-state index < -0.39 is 12.1 Å². The number of carboxylic acids is 1. The Morgan fingerprint density at radius 1 is 1.06 bits per heavy atom. The maximum Gasteiger partial charge on any atom is 0.490 e. The van der Waals surface area contributed by atoms with Gasteiger partial charge < -0.3 is 25.8 Å². The van der Waals surface area contributed by atoms with Gasteiger partial charge in [0.2, 0.25) is 0 Å². The summed E-state index contributed by atoms with van der Waals surface area (Å²) >= 11 is 0. The molecule has 184 valence electrons. The van der Waals surface area contributed by atoms with E-state index in [9.17, 15) is 18.0 Å². The number of halogens is 3. The van der Waals surface area contributed by atoms with Crippen molar-refractivity contribution in [3.8, 4) is 5.75 Å². The highest BCUT2D eigenvalue weighted by atomic mass is 19.4. The summed E-state index contributed by atoms with van der Waals surface area (Å²) in [5.74, 6) is -2.24. The van der Waals surface area contributed by atoms with Crippen LogP contribution in [-0.4, -0.2) is 55.2 Å². The van der Waals surface area contributed by atoms with Crippen LogP contribution in [0.2, 0.25) is 0 Å². The van der Waals surface area contributed by atoms with Gasteiger partial charge in [-0.25, -0.2) is 4.79 Å². The Morgan fingerprint density at radius 3 is 2.24 bits per heavy atom. The number of nitrogen functional groups attached to an aromatic ring is 1. The fraction of sp³-hybridized carbons (Fsp3) is 0.348. The number of ether oxygens (including phenoxy) is 1. The van der Waals surface area contributed by atoms with E-state index in [0.29, 0.717) is 30.0 Å². The van der Waals surface area contributed by atoms with Crippen LogP contribution in [0.5, 0.6) is 5.75 Å². The zero-order valence-corrected chi connectivity index (χ0v) is 18.4. The second-order valence-electron chi connectivity index (χ2n) is 7.44. The third kappa shape index (κ3) is 8.64. The molecule has 1 aliphatic heterocycles. The molecular weight excluding hydrogens is 453 g/mol. The molecule has 0 aromatic heterocycles. The minimum absolute atomic E-state index is 0.00162. The molecule has 5 N–H and O–H groups in total. The van der Waals surface area contributed by atoms with Gasteiger partial charge in [-0.2, -0.15) is 13.2 Å². The first kappa shape index (κ1) is 26.5. The summed E-state index contributed by atoms with van der Waals surface area (Å²) < 4.78 is 37.3. The number of hydrogen-bond acceptors (Lipinski definition) is 5. The summed E-state index contributed by atoms with van der Waals surface area (Å²) in [6, 6.07) is 14.8. The predicted octanol–water partition coefficient (Wildman–Crippen LogP) is 3.40. The normalized spacial score (nSPS) is 13.3. The molecule has 0 unspecified atom stereocenters. The second-order valence-corrected chi connectivity index (χ2v) is 7.44. The van der Waals surface area contributed by atoms with E-state index in [4.69, 9.17) is 25.8 Å². The molecule has 3 rings (SSSR count). The van der Waals surface area contributed by atoms with Gasteiger partial charge in [0.15, 0.2) is 0 Å². The summed E-state index contributed by atoms with van der Waals surface area (Å²) in [6.07, 6.45) is -1.31. The molecule has 1 aliphatic rings. The van der Waals surface area contributed by atoms with Crippen LogP contribution in [0, 0.1) is 5.41 Å². The maximum atomic E-state index is 12.3. The summed E-state index contributed by atoms with van der Waals surface area (Å²) in [5, 5.41) is 17.4. The smallest absolute Gasteiger partial charge is 0.490 e. The van der Waals surface area contributed by atoms with Crippen molar-refractivity contribution >= 4 is 23.4 Å². The molecule has 1 fully saturated rings. The number of alkyl halides is 3. The number of carboxylic acid groups (broad SMARTS) is 1. The minimum atomic E-state index is -5.08. The number of carbonyl (C=O) groups is 2. The van der Waals surface area contributed by atoms with E-state index in [2.05, 4.69) is 10.2 Å². The molecule has 1 amide bonds. The van der Waals surface area contributed by atoms with E-state index in [0.717, 1.165) is 13.1 Å². The number of rotatable bonds is 7. The summed E-state index contributed by atoms with van der Waals surface area (Å²) in [4.78, 5) is 23.5. The maximum absolute atomic E-state index is 12.3. The SMILES string of the molecule is N=C(N)c1cccc(OCCNC(=O)c2ccc(N3CCCCC3)cc2)c1.O=C(O)C(F)(F)F. The molecule has 2 aromatic carbocycles. The van der Waals surface area contributed by atoms with Crippen molar-refractivity contribution in [1.82, 2.24) is 5.32 Å². The third-order valence-corrected chi connectivity index (χ3v) is 4.89. The van der Waals surface area contributed by atoms with Crippen molar-refractivity contribution in [1.29, 1.82) is 5.41 Å². The van der Waals surface area contributed by atoms with Gasteiger partial charge in [0.05, 0.1) is 6.54 Å². The lowest BCUT2D eigenvalue weighted by Crippen LogP contribution is -2.30. The van der Waals surface area contributed by atoms with Crippen LogP contribution in [-0.2, 0) is 4.79 Å². The third-order valence-electron chi connectivity index (χ3n) is 4.89. The highest BCUT2D eigenvalue weighted by Gasteiger charge is 2.38. The fourth-order valence-electron chi connectivity index (χ4n) is 3.16. The fourth-order valence-corrected chi connectivity index (χ4v) is 3.16. The zero-order chi connectivity index (χ0) is 25.1. The molecule has 0 saturated carbocycles. The molecule has 0 atom stereocenters. The number of nitrogens with zero attached hydrogens (tertiary/aromatic N) is 1. The van der Waals surface area contributed by atoms with Gasteiger partial charge in [0.25, 0.3) is 5.91 Å². The van der Waals surface area contributed by atoms with Crippen LogP contribution in [0.15, 0.2) is 48.5 Å². The number of anilines is 1. The minimum Gasteiger partial charge on any atom is -0.492 e. The monoisotopic (exact) mass is 480 g/mol. The van der Waals surface area contributed by atoms with Gasteiger partial charge in [-0.15, -0.1) is 0 Å². The lowest BCUT2D eigenvalue weighted by Gasteiger charge is -2.28. The van der Waals surface area contributed by atoms with Gasteiger partial charge in [0, 0.05) is 29.9 Å². The molecule has 0 radical (unpaired) electrons. The van der Waals surface area contributed by atoms with E-state index in [-0.39, 0.29) is 11.7 Å². The first-order chi connectivity index (χ1) is 16.1. The number of nitrogens with two attached hydrogens (primary N) is 1. The van der Waals surface area contributed by atoms with Crippen LogP contribution >= 0.6 is 0 Å². The molecule has 1 heterocycles. The molecule has 0 bridgehead atoms. The average Bonchev–Trinajstić information content (AvgIpc) is 2.82. The quantitative estimate of drug-likeness (QED) is 0.273. The topological polar surface area (TPSA) is 129 Å². The zero-order valence-electron chi connectivity index (χ0n) is 18.4. The average molecular weight is 480 g/mol. The number of benzene rings is 2. The van der Waals surface area contributed by atoms with Crippen molar-refractivity contribution < 1.29 is 32.6 Å². The van der Waals surface area contributed by atoms with Crippen molar-refractivity contribution in [3.63, 3.8) is 0 Å². The van der Waals surface area contributed by atoms with Crippen molar-refractivity contribution in [2.24, 2.45) is 5.73 Å². The second kappa shape index (κ2) is 12.5. The van der Waals surface area contributed by atoms with Crippen molar-refractivity contribution in [2.75, 3.05) is 31.1 Å². The molecule has 0 aliphatic carbocycles. The summed E-state index contributed by atoms with van der Waals surface area (Å²) in [6.45, 7) is 2.93. The molecule has 34 heavy (non-hydrogen) atoms. The van der Waals surface area contributed by atoms with E-state index in [1.165, 1.54) is 24.9 Å². The number of aliphatic carboxylic acids is 1. The van der Waals surface area contributed by atoms with Gasteiger partial charge >= 0.3 is 12.1 Å². The summed E-state index contributed by atoms with van der Waals surface area (Å²) in [7, 11) is 0. The number of carbonyl (C=O) groups excluding carboxylic acids is 1. The Morgan fingerprint density at radius 2 is 1.68 bits per heavy atom. The van der Waals surface area contributed by atoms with Gasteiger partial charge in [-0.1, -0.05) is 12.1 Å². The molecule has 8 nitrogen and oxygen atoms in total. The van der Waals surface area contributed by atoms with Crippen LogP contribution in [0.25, 0.3) is 0 Å². The van der Waals surface area contributed by atoms with Crippen LogP contribution in [0.4, 0.5) is 18.9 Å². The molecule has 2 aromatic rings. The first-order valence-corrected chi connectivity index (χ1v) is 10.6. The van der Waals surface area contributed by atoms with Crippen molar-refractivity contribution in [3.05, 3.63) is 59.7 Å². The molecule has 11 heteroatoms. The number of nitrogens with one attached hydrogen (secondary N) is 2. The summed E-state index contributed by atoms with van der Waals surface area (Å²) in [5.41, 5.74) is 7.91.